The van der Waals surface area contributed by atoms with Gasteiger partial charge in [0.25, 0.3) is 0 Å². The fourth-order valence-corrected chi connectivity index (χ4v) is 3.46. The number of piperidine rings is 1. The van der Waals surface area contributed by atoms with Gasteiger partial charge >= 0.3 is 0 Å². The summed E-state index contributed by atoms with van der Waals surface area (Å²) in [4.78, 5) is 2.50. The number of rotatable bonds is 3. The van der Waals surface area contributed by atoms with Crippen molar-refractivity contribution >= 4 is 0 Å². The number of benzene rings is 1. The van der Waals surface area contributed by atoms with Gasteiger partial charge in [-0.1, -0.05) is 6.07 Å². The summed E-state index contributed by atoms with van der Waals surface area (Å²) in [5, 5.41) is 12.8. The molecule has 0 amide bonds. The fourth-order valence-electron chi connectivity index (χ4n) is 3.46. The first-order valence-corrected chi connectivity index (χ1v) is 7.33. The molecule has 2 saturated heterocycles. The van der Waals surface area contributed by atoms with E-state index in [2.05, 4.69) is 22.4 Å². The number of nitrogens with zero attached hydrogens (tertiary/aromatic N) is 2. The first kappa shape index (κ1) is 13.4. The van der Waals surface area contributed by atoms with Crippen LogP contribution in [0.5, 0.6) is 5.75 Å². The summed E-state index contributed by atoms with van der Waals surface area (Å²) >= 11 is 0. The lowest BCUT2D eigenvalue weighted by molar-refractivity contribution is 0.312. The minimum atomic E-state index is 0.625. The minimum absolute atomic E-state index is 0.625. The van der Waals surface area contributed by atoms with E-state index in [1.807, 2.05) is 12.1 Å². The number of nitriles is 1. The van der Waals surface area contributed by atoms with Gasteiger partial charge in [0.2, 0.25) is 0 Å². The van der Waals surface area contributed by atoms with E-state index in [0.29, 0.717) is 17.4 Å². The van der Waals surface area contributed by atoms with Crippen LogP contribution in [0.2, 0.25) is 0 Å². The zero-order chi connectivity index (χ0) is 13.9. The van der Waals surface area contributed by atoms with Crippen LogP contribution in [0.3, 0.4) is 0 Å². The van der Waals surface area contributed by atoms with Crippen molar-refractivity contribution in [3.63, 3.8) is 0 Å². The van der Waals surface area contributed by atoms with E-state index >= 15 is 0 Å². The molecule has 0 bridgehead atoms. The van der Waals surface area contributed by atoms with Crippen molar-refractivity contribution in [2.45, 2.75) is 25.4 Å². The number of nitrogens with one attached hydrogen (secondary N) is 1. The monoisotopic (exact) mass is 271 g/mol. The van der Waals surface area contributed by atoms with Crippen molar-refractivity contribution in [3.05, 3.63) is 29.3 Å². The Kier molecular flexibility index (Phi) is 3.90. The molecule has 0 radical (unpaired) electrons. The van der Waals surface area contributed by atoms with Gasteiger partial charge in [0.05, 0.1) is 12.7 Å². The molecule has 2 fully saturated rings. The zero-order valence-electron chi connectivity index (χ0n) is 11.9. The third-order valence-electron chi connectivity index (χ3n) is 4.47. The molecule has 2 atom stereocenters. The molecule has 106 valence electrons. The number of hydrogen-bond acceptors (Lipinski definition) is 4. The normalized spacial score (nSPS) is 26.0. The van der Waals surface area contributed by atoms with Gasteiger partial charge in [-0.15, -0.1) is 0 Å². The van der Waals surface area contributed by atoms with Crippen molar-refractivity contribution in [2.24, 2.45) is 5.92 Å². The lowest BCUT2D eigenvalue weighted by atomic mass is 9.94. The van der Waals surface area contributed by atoms with Crippen molar-refractivity contribution in [3.8, 4) is 11.8 Å². The molecule has 0 aromatic heterocycles. The number of hydrogen-bond donors (Lipinski definition) is 1. The number of methoxy groups -OCH3 is 1. The molecule has 2 aliphatic rings. The molecular formula is C16H21N3O. The largest absolute Gasteiger partial charge is 0.495 e. The van der Waals surface area contributed by atoms with Gasteiger partial charge in [0.15, 0.2) is 0 Å². The molecule has 0 saturated carbocycles. The van der Waals surface area contributed by atoms with Crippen LogP contribution in [0, 0.1) is 17.2 Å². The average molecular weight is 271 g/mol. The third-order valence-corrected chi connectivity index (χ3v) is 4.47. The van der Waals surface area contributed by atoms with Gasteiger partial charge in [-0.3, -0.25) is 4.90 Å². The second kappa shape index (κ2) is 5.82. The van der Waals surface area contributed by atoms with E-state index in [0.717, 1.165) is 25.6 Å². The summed E-state index contributed by atoms with van der Waals surface area (Å²) in [6.07, 6.45) is 2.65. The Labute approximate surface area is 120 Å². The van der Waals surface area contributed by atoms with Gasteiger partial charge in [0, 0.05) is 25.7 Å². The highest BCUT2D eigenvalue weighted by molar-refractivity contribution is 5.45. The van der Waals surface area contributed by atoms with Crippen molar-refractivity contribution in [2.75, 3.05) is 26.7 Å². The maximum Gasteiger partial charge on any atom is 0.136 e. The second-order valence-corrected chi connectivity index (χ2v) is 5.80. The maximum atomic E-state index is 9.15. The number of fused-ring (bicyclic) bond motifs is 1. The molecule has 2 heterocycles. The van der Waals surface area contributed by atoms with Crippen LogP contribution in [0.4, 0.5) is 0 Å². The Morgan fingerprint density at radius 3 is 3.10 bits per heavy atom. The topological polar surface area (TPSA) is 48.3 Å². The molecular weight excluding hydrogens is 250 g/mol. The van der Waals surface area contributed by atoms with Crippen molar-refractivity contribution in [1.82, 2.24) is 10.2 Å². The lowest BCUT2D eigenvalue weighted by Gasteiger charge is -2.24. The van der Waals surface area contributed by atoms with Crippen molar-refractivity contribution in [1.29, 1.82) is 5.26 Å². The Bertz CT molecular complexity index is 509. The van der Waals surface area contributed by atoms with E-state index < -0.39 is 0 Å². The molecule has 0 spiro atoms. The van der Waals surface area contributed by atoms with Crippen LogP contribution in [-0.2, 0) is 6.54 Å². The molecule has 1 aromatic carbocycles. The molecule has 0 unspecified atom stereocenters. The van der Waals surface area contributed by atoms with Gasteiger partial charge < -0.3 is 10.1 Å². The zero-order valence-corrected chi connectivity index (χ0v) is 11.9. The van der Waals surface area contributed by atoms with Crippen LogP contribution in [-0.4, -0.2) is 37.7 Å². The summed E-state index contributed by atoms with van der Waals surface area (Å²) in [6.45, 7) is 4.38. The number of likely N-dealkylation sites (tertiary alicyclic amines) is 1. The maximum absolute atomic E-state index is 9.15. The molecule has 20 heavy (non-hydrogen) atoms. The molecule has 2 aliphatic heterocycles. The highest BCUT2D eigenvalue weighted by Gasteiger charge is 2.33. The molecule has 0 aliphatic carbocycles. The summed E-state index contributed by atoms with van der Waals surface area (Å²) in [7, 11) is 1.60. The Balaban J connectivity index is 1.68. The third kappa shape index (κ3) is 2.65. The second-order valence-electron chi connectivity index (χ2n) is 5.80. The van der Waals surface area contributed by atoms with Crippen LogP contribution >= 0.6 is 0 Å². The SMILES string of the molecule is COc1ccc(CN2C[C@@H]3CCCN[C@@H]3C2)cc1C#N. The molecule has 4 nitrogen and oxygen atoms in total. The molecule has 3 rings (SSSR count). The van der Waals surface area contributed by atoms with Crippen LogP contribution in [0.15, 0.2) is 18.2 Å². The van der Waals surface area contributed by atoms with E-state index in [1.165, 1.54) is 24.9 Å². The standard InChI is InChI=1S/C16H21N3O/c1-20-16-5-4-12(7-14(16)8-17)9-19-10-13-3-2-6-18-15(13)11-19/h4-5,7,13,15,18H,2-3,6,9-11H2,1H3/t13-,15+/m0/s1. The Morgan fingerprint density at radius 1 is 1.45 bits per heavy atom. The van der Waals surface area contributed by atoms with E-state index in [1.54, 1.807) is 7.11 Å². The number of ether oxygens (including phenoxy) is 1. The Hall–Kier alpha value is -1.57. The lowest BCUT2D eigenvalue weighted by Crippen LogP contribution is -2.40. The van der Waals surface area contributed by atoms with E-state index in [4.69, 9.17) is 10.00 Å². The molecule has 1 aromatic rings. The highest BCUT2D eigenvalue weighted by atomic mass is 16.5. The van der Waals surface area contributed by atoms with Gasteiger partial charge in [-0.25, -0.2) is 0 Å². The fraction of sp³-hybridized carbons (Fsp3) is 0.562. The van der Waals surface area contributed by atoms with Crippen LogP contribution < -0.4 is 10.1 Å². The van der Waals surface area contributed by atoms with Gasteiger partial charge in [-0.2, -0.15) is 5.26 Å². The summed E-state index contributed by atoms with van der Waals surface area (Å²) in [5.74, 6) is 1.46. The Morgan fingerprint density at radius 2 is 2.35 bits per heavy atom. The summed E-state index contributed by atoms with van der Waals surface area (Å²) in [6, 6.07) is 8.79. The quantitative estimate of drug-likeness (QED) is 0.910. The van der Waals surface area contributed by atoms with E-state index in [9.17, 15) is 0 Å². The van der Waals surface area contributed by atoms with Gasteiger partial charge in [0.1, 0.15) is 11.8 Å². The average Bonchev–Trinajstić information content (AvgIpc) is 2.89. The predicted molar refractivity (Wildman–Crippen MR) is 77.5 cm³/mol. The van der Waals surface area contributed by atoms with Gasteiger partial charge in [-0.05, 0) is 43.0 Å². The summed E-state index contributed by atoms with van der Waals surface area (Å²) < 4.78 is 5.19. The smallest absolute Gasteiger partial charge is 0.136 e. The molecule has 1 N–H and O–H groups in total. The van der Waals surface area contributed by atoms with Crippen LogP contribution in [0.25, 0.3) is 0 Å². The first-order valence-electron chi connectivity index (χ1n) is 7.33. The minimum Gasteiger partial charge on any atom is -0.495 e. The summed E-state index contributed by atoms with van der Waals surface area (Å²) in [5.41, 5.74) is 1.82. The first-order chi connectivity index (χ1) is 9.80. The van der Waals surface area contributed by atoms with Crippen LogP contribution in [0.1, 0.15) is 24.0 Å². The highest BCUT2D eigenvalue weighted by Crippen LogP contribution is 2.27. The van der Waals surface area contributed by atoms with E-state index in [-0.39, 0.29) is 0 Å². The van der Waals surface area contributed by atoms with Crippen molar-refractivity contribution < 1.29 is 4.74 Å². The predicted octanol–water partition coefficient (Wildman–Crippen LogP) is 1.75. The molecule has 4 heteroatoms.